The fourth-order valence-corrected chi connectivity index (χ4v) is 5.62. The monoisotopic (exact) mass is 594 g/mol. The zero-order valence-corrected chi connectivity index (χ0v) is 24.4. The first-order valence-corrected chi connectivity index (χ1v) is 14.3. The quantitative estimate of drug-likeness (QED) is 0.342. The van der Waals surface area contributed by atoms with Crippen LogP contribution in [0.25, 0.3) is 0 Å². The predicted octanol–water partition coefficient (Wildman–Crippen LogP) is 5.15. The van der Waals surface area contributed by atoms with E-state index in [1.165, 1.54) is 5.01 Å². The van der Waals surface area contributed by atoms with Crippen LogP contribution in [0.15, 0.2) is 77.9 Å². The molecule has 5 rings (SSSR count). The van der Waals surface area contributed by atoms with Gasteiger partial charge in [-0.3, -0.25) is 14.5 Å². The molecule has 10 heteroatoms. The molecule has 2 aliphatic heterocycles. The van der Waals surface area contributed by atoms with Gasteiger partial charge in [-0.2, -0.15) is 5.10 Å². The zero-order chi connectivity index (χ0) is 28.8. The molecule has 0 aromatic heterocycles. The van der Waals surface area contributed by atoms with Gasteiger partial charge in [-0.25, -0.2) is 5.01 Å². The number of benzene rings is 3. The molecule has 2 amide bonds. The third-order valence-corrected chi connectivity index (χ3v) is 8.02. The Morgan fingerprint density at radius 2 is 1.66 bits per heavy atom. The normalized spacial score (nSPS) is 17.3. The minimum Gasteiger partial charge on any atom is -0.496 e. The fourth-order valence-electron chi connectivity index (χ4n) is 5.16. The minimum atomic E-state index is -0.429. The number of hydrogen-bond acceptors (Lipinski definition) is 6. The number of para-hydroxylation sites is 1. The molecule has 41 heavy (non-hydrogen) atoms. The van der Waals surface area contributed by atoms with E-state index in [1.54, 1.807) is 42.3 Å². The summed E-state index contributed by atoms with van der Waals surface area (Å²) in [6, 6.07) is 21.5. The molecule has 0 radical (unpaired) electrons. The maximum Gasteiger partial charge on any atom is 0.262 e. The SMILES string of the molecule is COc1ccccc1[C@@H]1CC(c2ccccc2Cl)=NN1C(=O)CN(CCN1CCOCC1)C(=O)c1ccccc1Cl. The average Bonchev–Trinajstić information content (AvgIpc) is 3.45. The van der Waals surface area contributed by atoms with Crippen LogP contribution in [0.2, 0.25) is 10.0 Å². The summed E-state index contributed by atoms with van der Waals surface area (Å²) in [5.41, 5.74) is 2.64. The molecule has 1 atom stereocenters. The molecule has 3 aromatic carbocycles. The Bertz CT molecular complexity index is 1430. The number of methoxy groups -OCH3 is 1. The Kier molecular flexibility index (Phi) is 9.57. The van der Waals surface area contributed by atoms with Crippen LogP contribution in [-0.2, 0) is 9.53 Å². The van der Waals surface area contributed by atoms with Gasteiger partial charge < -0.3 is 14.4 Å². The smallest absolute Gasteiger partial charge is 0.262 e. The van der Waals surface area contributed by atoms with Crippen molar-refractivity contribution in [3.05, 3.63) is 99.5 Å². The number of halogens is 2. The van der Waals surface area contributed by atoms with E-state index in [4.69, 9.17) is 37.8 Å². The number of rotatable bonds is 9. The number of carbonyl (C=O) groups is 2. The van der Waals surface area contributed by atoms with E-state index in [2.05, 4.69) is 4.90 Å². The Balaban J connectivity index is 1.45. The molecule has 1 saturated heterocycles. The van der Waals surface area contributed by atoms with Gasteiger partial charge >= 0.3 is 0 Å². The molecule has 0 aliphatic carbocycles. The van der Waals surface area contributed by atoms with E-state index in [0.29, 0.717) is 59.8 Å². The third-order valence-electron chi connectivity index (χ3n) is 7.36. The Labute approximate surface area is 250 Å². The molecule has 0 unspecified atom stereocenters. The van der Waals surface area contributed by atoms with Crippen LogP contribution in [0, 0.1) is 0 Å². The molecule has 0 spiro atoms. The van der Waals surface area contributed by atoms with E-state index in [-0.39, 0.29) is 18.4 Å². The highest BCUT2D eigenvalue weighted by molar-refractivity contribution is 6.34. The van der Waals surface area contributed by atoms with Crippen molar-refractivity contribution in [2.45, 2.75) is 12.5 Å². The van der Waals surface area contributed by atoms with E-state index < -0.39 is 6.04 Å². The Hall–Kier alpha value is -3.43. The highest BCUT2D eigenvalue weighted by atomic mass is 35.5. The second-order valence-electron chi connectivity index (χ2n) is 9.89. The second-order valence-corrected chi connectivity index (χ2v) is 10.7. The van der Waals surface area contributed by atoms with Gasteiger partial charge in [-0.15, -0.1) is 0 Å². The molecule has 2 heterocycles. The summed E-state index contributed by atoms with van der Waals surface area (Å²) in [5, 5.41) is 7.14. The lowest BCUT2D eigenvalue weighted by atomic mass is 9.97. The van der Waals surface area contributed by atoms with Gasteiger partial charge in [0.1, 0.15) is 12.3 Å². The van der Waals surface area contributed by atoms with Crippen LogP contribution < -0.4 is 4.74 Å². The molecule has 0 bridgehead atoms. The summed E-state index contributed by atoms with van der Waals surface area (Å²) in [7, 11) is 1.60. The van der Waals surface area contributed by atoms with Gasteiger partial charge in [0.15, 0.2) is 0 Å². The lowest BCUT2D eigenvalue weighted by Crippen LogP contribution is -2.46. The van der Waals surface area contributed by atoms with Crippen molar-refractivity contribution in [2.75, 3.05) is 53.0 Å². The topological polar surface area (TPSA) is 74.7 Å². The zero-order valence-electron chi connectivity index (χ0n) is 22.8. The fraction of sp³-hybridized carbons (Fsp3) is 0.323. The van der Waals surface area contributed by atoms with Gasteiger partial charge in [0.25, 0.3) is 11.8 Å². The van der Waals surface area contributed by atoms with Gasteiger partial charge in [-0.05, 0) is 24.3 Å². The van der Waals surface area contributed by atoms with Crippen molar-refractivity contribution in [2.24, 2.45) is 5.10 Å². The Morgan fingerprint density at radius 1 is 0.976 bits per heavy atom. The summed E-state index contributed by atoms with van der Waals surface area (Å²) >= 11 is 12.9. The van der Waals surface area contributed by atoms with E-state index in [9.17, 15) is 9.59 Å². The van der Waals surface area contributed by atoms with Crippen LogP contribution in [0.3, 0.4) is 0 Å². The number of amides is 2. The second kappa shape index (κ2) is 13.5. The van der Waals surface area contributed by atoms with E-state index in [1.807, 2.05) is 42.5 Å². The summed E-state index contributed by atoms with van der Waals surface area (Å²) in [4.78, 5) is 31.6. The standard InChI is InChI=1S/C31H32Cl2N4O4/c1-40-29-13-7-4-10-24(29)28-20-27(22-8-2-5-11-25(22)32)34-37(28)30(38)21-36(15-14-35-16-18-41-19-17-35)31(39)23-9-3-6-12-26(23)33/h2-13,28H,14-21H2,1H3/t28-/m0/s1. The maximum atomic E-state index is 14.1. The molecule has 1 fully saturated rings. The minimum absolute atomic E-state index is 0.167. The largest absolute Gasteiger partial charge is 0.496 e. The highest BCUT2D eigenvalue weighted by Gasteiger charge is 2.36. The molecule has 0 N–H and O–H groups in total. The van der Waals surface area contributed by atoms with Crippen LogP contribution in [0.5, 0.6) is 5.75 Å². The number of ether oxygens (including phenoxy) is 2. The van der Waals surface area contributed by atoms with Crippen molar-refractivity contribution in [3.8, 4) is 5.75 Å². The lowest BCUT2D eigenvalue weighted by molar-refractivity contribution is -0.133. The number of hydrogen-bond donors (Lipinski definition) is 0. The Morgan fingerprint density at radius 3 is 2.39 bits per heavy atom. The van der Waals surface area contributed by atoms with Crippen molar-refractivity contribution in [1.82, 2.24) is 14.8 Å². The molecule has 8 nitrogen and oxygen atoms in total. The first kappa shape index (κ1) is 29.1. The van der Waals surface area contributed by atoms with Crippen molar-refractivity contribution in [3.63, 3.8) is 0 Å². The summed E-state index contributed by atoms with van der Waals surface area (Å²) < 4.78 is 11.1. The van der Waals surface area contributed by atoms with Gasteiger partial charge in [-0.1, -0.05) is 71.7 Å². The van der Waals surface area contributed by atoms with Gasteiger partial charge in [0.05, 0.1) is 42.7 Å². The molecule has 0 saturated carbocycles. The predicted molar refractivity (Wildman–Crippen MR) is 160 cm³/mol. The summed E-state index contributed by atoms with van der Waals surface area (Å²) in [6.45, 7) is 3.63. The summed E-state index contributed by atoms with van der Waals surface area (Å²) in [5.74, 6) is 0.0353. The molecule has 214 valence electrons. The van der Waals surface area contributed by atoms with E-state index >= 15 is 0 Å². The van der Waals surface area contributed by atoms with Crippen LogP contribution in [-0.4, -0.2) is 85.4 Å². The van der Waals surface area contributed by atoms with Gasteiger partial charge in [0, 0.05) is 48.7 Å². The first-order chi connectivity index (χ1) is 20.0. The summed E-state index contributed by atoms with van der Waals surface area (Å²) in [6.07, 6.45) is 0.447. The van der Waals surface area contributed by atoms with Crippen molar-refractivity contribution >= 4 is 40.7 Å². The van der Waals surface area contributed by atoms with Crippen LogP contribution >= 0.6 is 23.2 Å². The molecule has 2 aliphatic rings. The number of carbonyl (C=O) groups excluding carboxylic acids is 2. The number of morpholine rings is 1. The molecular weight excluding hydrogens is 563 g/mol. The molecular formula is C31H32Cl2N4O4. The third kappa shape index (κ3) is 6.73. The average molecular weight is 596 g/mol. The van der Waals surface area contributed by atoms with Crippen LogP contribution in [0.4, 0.5) is 0 Å². The van der Waals surface area contributed by atoms with Crippen LogP contribution in [0.1, 0.15) is 33.9 Å². The van der Waals surface area contributed by atoms with Gasteiger partial charge in [0.2, 0.25) is 0 Å². The molecule has 3 aromatic rings. The first-order valence-electron chi connectivity index (χ1n) is 13.6. The highest BCUT2D eigenvalue weighted by Crippen LogP contribution is 2.38. The van der Waals surface area contributed by atoms with Crippen molar-refractivity contribution in [1.29, 1.82) is 0 Å². The van der Waals surface area contributed by atoms with E-state index in [0.717, 1.165) is 24.2 Å². The lowest BCUT2D eigenvalue weighted by Gasteiger charge is -2.31. The number of hydrazone groups is 1. The maximum absolute atomic E-state index is 14.1. The van der Waals surface area contributed by atoms with Crippen molar-refractivity contribution < 1.29 is 19.1 Å². The number of nitrogens with zero attached hydrogens (tertiary/aromatic N) is 4.